The highest BCUT2D eigenvalue weighted by molar-refractivity contribution is 5.81. The number of rotatable bonds is 6. The molecule has 0 heterocycles. The van der Waals surface area contributed by atoms with Crippen molar-refractivity contribution in [3.63, 3.8) is 0 Å². The average Bonchev–Trinajstić information content (AvgIpc) is 2.13. The van der Waals surface area contributed by atoms with Crippen molar-refractivity contribution in [1.29, 1.82) is 0 Å². The number of hydrogen-bond acceptors (Lipinski definition) is 3. The second-order valence-corrected chi connectivity index (χ2v) is 3.04. The molecule has 0 aliphatic carbocycles. The van der Waals surface area contributed by atoms with Gasteiger partial charge in [0.15, 0.2) is 0 Å². The highest BCUT2D eigenvalue weighted by Crippen LogP contribution is 1.99. The minimum Gasteiger partial charge on any atom is -0.395 e. The lowest BCUT2D eigenvalue weighted by Gasteiger charge is -2.23. The predicted octanol–water partition coefficient (Wildman–Crippen LogP) is -0.0454. The van der Waals surface area contributed by atoms with Crippen LogP contribution in [0.1, 0.15) is 26.7 Å². The Kier molecular flexibility index (Phi) is 6.54. The molecule has 4 nitrogen and oxygen atoms in total. The molecule has 0 rings (SSSR count). The number of carbonyl (C=O) groups is 1. The highest BCUT2D eigenvalue weighted by Gasteiger charge is 2.17. The van der Waals surface area contributed by atoms with Gasteiger partial charge in [0.25, 0.3) is 0 Å². The van der Waals surface area contributed by atoms with Crippen LogP contribution in [-0.4, -0.2) is 41.7 Å². The molecule has 0 radical (unpaired) electrons. The van der Waals surface area contributed by atoms with E-state index in [1.54, 1.807) is 4.90 Å². The molecule has 0 fully saturated rings. The monoisotopic (exact) mass is 188 g/mol. The van der Waals surface area contributed by atoms with Crippen LogP contribution in [0.4, 0.5) is 0 Å². The zero-order chi connectivity index (χ0) is 10.3. The van der Waals surface area contributed by atoms with Crippen LogP contribution in [-0.2, 0) is 4.79 Å². The fraction of sp³-hybridized carbons (Fsp3) is 0.889. The van der Waals surface area contributed by atoms with Crippen LogP contribution >= 0.6 is 0 Å². The second kappa shape index (κ2) is 6.86. The molecular weight excluding hydrogens is 168 g/mol. The smallest absolute Gasteiger partial charge is 0.239 e. The fourth-order valence-corrected chi connectivity index (χ4v) is 1.21. The van der Waals surface area contributed by atoms with Gasteiger partial charge in [-0.05, 0) is 13.3 Å². The fourth-order valence-electron chi connectivity index (χ4n) is 1.21. The van der Waals surface area contributed by atoms with Crippen molar-refractivity contribution < 1.29 is 9.90 Å². The van der Waals surface area contributed by atoms with E-state index in [0.29, 0.717) is 19.5 Å². The molecule has 0 aromatic carbocycles. The first-order valence-corrected chi connectivity index (χ1v) is 4.82. The molecule has 3 N–H and O–H groups in total. The summed E-state index contributed by atoms with van der Waals surface area (Å²) in [5, 5.41) is 8.69. The minimum absolute atomic E-state index is 0.00156. The summed E-state index contributed by atoms with van der Waals surface area (Å²) in [6.45, 7) is 4.86. The van der Waals surface area contributed by atoms with Crippen molar-refractivity contribution in [2.75, 3.05) is 19.7 Å². The number of amides is 1. The zero-order valence-corrected chi connectivity index (χ0v) is 8.49. The summed E-state index contributed by atoms with van der Waals surface area (Å²) in [6.07, 6.45) is 1.62. The van der Waals surface area contributed by atoms with Gasteiger partial charge in [-0.25, -0.2) is 0 Å². The van der Waals surface area contributed by atoms with Gasteiger partial charge in [0.1, 0.15) is 0 Å². The lowest BCUT2D eigenvalue weighted by Crippen LogP contribution is -2.44. The first-order valence-electron chi connectivity index (χ1n) is 4.82. The third-order valence-electron chi connectivity index (χ3n) is 1.98. The van der Waals surface area contributed by atoms with Crippen LogP contribution in [0, 0.1) is 0 Å². The molecule has 0 aromatic heterocycles. The van der Waals surface area contributed by atoms with Crippen LogP contribution in [0.3, 0.4) is 0 Å². The maximum atomic E-state index is 11.5. The Labute approximate surface area is 79.7 Å². The number of carbonyl (C=O) groups excluding carboxylic acids is 1. The first-order chi connectivity index (χ1) is 6.17. The van der Waals surface area contributed by atoms with Crippen molar-refractivity contribution >= 4 is 5.91 Å². The van der Waals surface area contributed by atoms with Crippen LogP contribution < -0.4 is 5.73 Å². The highest BCUT2D eigenvalue weighted by atomic mass is 16.3. The van der Waals surface area contributed by atoms with E-state index in [0.717, 1.165) is 6.42 Å². The van der Waals surface area contributed by atoms with Gasteiger partial charge in [0, 0.05) is 13.1 Å². The molecule has 0 unspecified atom stereocenters. The Balaban J connectivity index is 4.02. The third-order valence-corrected chi connectivity index (χ3v) is 1.98. The second-order valence-electron chi connectivity index (χ2n) is 3.04. The van der Waals surface area contributed by atoms with Gasteiger partial charge in [0.05, 0.1) is 12.6 Å². The van der Waals surface area contributed by atoms with Gasteiger partial charge < -0.3 is 15.7 Å². The van der Waals surface area contributed by atoms with Crippen molar-refractivity contribution in [1.82, 2.24) is 4.90 Å². The number of nitrogens with zero attached hydrogens (tertiary/aromatic N) is 1. The van der Waals surface area contributed by atoms with E-state index in [-0.39, 0.29) is 12.5 Å². The number of nitrogens with two attached hydrogens (primary N) is 1. The van der Waals surface area contributed by atoms with E-state index in [4.69, 9.17) is 10.8 Å². The van der Waals surface area contributed by atoms with Gasteiger partial charge in [0.2, 0.25) is 5.91 Å². The summed E-state index contributed by atoms with van der Waals surface area (Å²) in [6, 6.07) is -0.406. The molecule has 0 aliphatic heterocycles. The van der Waals surface area contributed by atoms with E-state index >= 15 is 0 Å². The minimum atomic E-state index is -0.406. The van der Waals surface area contributed by atoms with Gasteiger partial charge in [-0.1, -0.05) is 13.3 Å². The van der Waals surface area contributed by atoms with Crippen LogP contribution in [0.5, 0.6) is 0 Å². The SMILES string of the molecule is CCC[C@@H](N)C(=O)N(CC)CCO. The Morgan fingerprint density at radius 1 is 1.54 bits per heavy atom. The third kappa shape index (κ3) is 4.24. The molecule has 0 bridgehead atoms. The summed E-state index contributed by atoms with van der Waals surface area (Å²) >= 11 is 0. The van der Waals surface area contributed by atoms with E-state index in [2.05, 4.69) is 0 Å². The zero-order valence-electron chi connectivity index (χ0n) is 8.49. The Morgan fingerprint density at radius 2 is 2.15 bits per heavy atom. The maximum Gasteiger partial charge on any atom is 0.239 e. The van der Waals surface area contributed by atoms with Crippen LogP contribution in [0.15, 0.2) is 0 Å². The van der Waals surface area contributed by atoms with Crippen LogP contribution in [0.2, 0.25) is 0 Å². The average molecular weight is 188 g/mol. The lowest BCUT2D eigenvalue weighted by molar-refractivity contribution is -0.133. The quantitative estimate of drug-likeness (QED) is 0.614. The molecule has 0 spiro atoms. The van der Waals surface area contributed by atoms with E-state index in [1.807, 2.05) is 13.8 Å². The molecule has 4 heteroatoms. The molecule has 0 saturated heterocycles. The van der Waals surface area contributed by atoms with Crippen molar-refractivity contribution in [3.8, 4) is 0 Å². The standard InChI is InChI=1S/C9H20N2O2/c1-3-5-8(10)9(13)11(4-2)6-7-12/h8,12H,3-7,10H2,1-2H3/t8-/m1/s1. The Morgan fingerprint density at radius 3 is 2.54 bits per heavy atom. The summed E-state index contributed by atoms with van der Waals surface area (Å²) in [7, 11) is 0. The Hall–Kier alpha value is -0.610. The summed E-state index contributed by atoms with van der Waals surface area (Å²) in [5.74, 6) is -0.0570. The first kappa shape index (κ1) is 12.4. The number of hydrogen-bond donors (Lipinski definition) is 2. The summed E-state index contributed by atoms with van der Waals surface area (Å²) in [4.78, 5) is 13.1. The van der Waals surface area contributed by atoms with Crippen molar-refractivity contribution in [2.45, 2.75) is 32.7 Å². The predicted molar refractivity (Wildman–Crippen MR) is 52.2 cm³/mol. The largest absolute Gasteiger partial charge is 0.395 e. The van der Waals surface area contributed by atoms with Crippen molar-refractivity contribution in [3.05, 3.63) is 0 Å². The molecule has 1 amide bonds. The van der Waals surface area contributed by atoms with Gasteiger partial charge in [-0.2, -0.15) is 0 Å². The molecule has 78 valence electrons. The summed E-state index contributed by atoms with van der Waals surface area (Å²) < 4.78 is 0. The van der Waals surface area contributed by atoms with E-state index in [9.17, 15) is 4.79 Å². The lowest BCUT2D eigenvalue weighted by atomic mass is 10.1. The molecule has 13 heavy (non-hydrogen) atoms. The number of likely N-dealkylation sites (N-methyl/N-ethyl adjacent to an activating group) is 1. The molecular formula is C9H20N2O2. The van der Waals surface area contributed by atoms with E-state index < -0.39 is 6.04 Å². The van der Waals surface area contributed by atoms with Crippen LogP contribution in [0.25, 0.3) is 0 Å². The molecule has 0 saturated carbocycles. The number of aliphatic hydroxyl groups is 1. The molecule has 1 atom stereocenters. The van der Waals surface area contributed by atoms with Gasteiger partial charge in [-0.3, -0.25) is 4.79 Å². The van der Waals surface area contributed by atoms with E-state index in [1.165, 1.54) is 0 Å². The normalized spacial score (nSPS) is 12.6. The molecule has 0 aromatic rings. The van der Waals surface area contributed by atoms with Gasteiger partial charge in [-0.15, -0.1) is 0 Å². The number of aliphatic hydroxyl groups excluding tert-OH is 1. The maximum absolute atomic E-state index is 11.5. The topological polar surface area (TPSA) is 66.6 Å². The van der Waals surface area contributed by atoms with Crippen molar-refractivity contribution in [2.24, 2.45) is 5.73 Å². The summed E-state index contributed by atoms with van der Waals surface area (Å²) in [5.41, 5.74) is 5.66. The molecule has 0 aliphatic rings. The van der Waals surface area contributed by atoms with Gasteiger partial charge >= 0.3 is 0 Å². The Bertz CT molecular complexity index is 151.